The van der Waals surface area contributed by atoms with E-state index in [0.29, 0.717) is 32.0 Å². The largest absolute Gasteiger partial charge is 0.444 e. The Morgan fingerprint density at radius 1 is 1.26 bits per heavy atom. The molecule has 0 atom stereocenters. The highest BCUT2D eigenvalue weighted by Crippen LogP contribution is 2.35. The average molecular weight is 389 g/mol. The number of carbonyl (C=O) groups is 1. The summed E-state index contributed by atoms with van der Waals surface area (Å²) >= 11 is 0. The maximum atomic E-state index is 12.9. The zero-order chi connectivity index (χ0) is 20.4. The van der Waals surface area contributed by atoms with Crippen LogP contribution in [0.5, 0.6) is 0 Å². The molecule has 2 rings (SSSR count). The molecule has 10 heteroatoms. The van der Waals surface area contributed by atoms with Gasteiger partial charge in [0, 0.05) is 25.2 Å². The predicted molar refractivity (Wildman–Crippen MR) is 92.6 cm³/mol. The van der Waals surface area contributed by atoms with Crippen LogP contribution in [-0.2, 0) is 10.9 Å². The molecule has 0 aliphatic carbocycles. The average Bonchev–Trinajstić information content (AvgIpc) is 2.52. The van der Waals surface area contributed by atoms with Crippen molar-refractivity contribution in [2.75, 3.05) is 18.4 Å². The molecule has 150 valence electrons. The topological polar surface area (TPSA) is 84.7 Å². The van der Waals surface area contributed by atoms with Crippen LogP contribution in [0.1, 0.15) is 39.2 Å². The molecule has 1 aliphatic rings. The van der Waals surface area contributed by atoms with Crippen molar-refractivity contribution in [2.24, 2.45) is 0 Å². The number of likely N-dealkylation sites (tertiary alicyclic amines) is 1. The molecule has 0 bridgehead atoms. The van der Waals surface area contributed by atoms with Crippen molar-refractivity contribution in [3.8, 4) is 0 Å². The standard InChI is InChI=1S/C17H22F3N3O4/c1-16(2,3)27-15(24)22-8-6-12(7-9-22)21-13-10-11(17(18,19)20)4-5-14(13)23(25)26/h4-5,10,12,21H,6-9H2,1-3H3. The van der Waals surface area contributed by atoms with E-state index in [4.69, 9.17) is 4.74 Å². The number of hydrogen-bond donors (Lipinski definition) is 1. The normalized spacial score (nSPS) is 16.1. The van der Waals surface area contributed by atoms with E-state index < -0.39 is 34.0 Å². The van der Waals surface area contributed by atoms with E-state index in [1.165, 1.54) is 4.90 Å². The first-order valence-electron chi connectivity index (χ1n) is 8.47. The van der Waals surface area contributed by atoms with Crippen LogP contribution in [-0.4, -0.2) is 40.6 Å². The molecular weight excluding hydrogens is 367 g/mol. The number of ether oxygens (including phenoxy) is 1. The number of hydrogen-bond acceptors (Lipinski definition) is 5. The summed E-state index contributed by atoms with van der Waals surface area (Å²) in [4.78, 5) is 24.0. The zero-order valence-corrected chi connectivity index (χ0v) is 15.3. The van der Waals surface area contributed by atoms with Gasteiger partial charge in [-0.25, -0.2) is 4.79 Å². The number of amides is 1. The Kier molecular flexibility index (Phi) is 5.86. The summed E-state index contributed by atoms with van der Waals surface area (Å²) in [5.41, 5.74) is -2.17. The number of nitrogens with zero attached hydrogens (tertiary/aromatic N) is 2. The molecule has 27 heavy (non-hydrogen) atoms. The number of nitro groups is 1. The molecule has 1 aliphatic heterocycles. The summed E-state index contributed by atoms with van der Waals surface area (Å²) < 4.78 is 44.0. The summed E-state index contributed by atoms with van der Waals surface area (Å²) in [7, 11) is 0. The first-order valence-corrected chi connectivity index (χ1v) is 8.47. The SMILES string of the molecule is CC(C)(C)OC(=O)N1CCC(Nc2cc(C(F)(F)F)ccc2[N+](=O)[O-])CC1. The highest BCUT2D eigenvalue weighted by molar-refractivity contribution is 5.68. The van der Waals surface area contributed by atoms with Gasteiger partial charge >= 0.3 is 12.3 Å². The van der Waals surface area contributed by atoms with Gasteiger partial charge in [-0.05, 0) is 45.7 Å². The number of piperidine rings is 1. The smallest absolute Gasteiger partial charge is 0.416 e. The lowest BCUT2D eigenvalue weighted by molar-refractivity contribution is -0.384. The molecule has 0 saturated carbocycles. The Bertz CT molecular complexity index is 708. The molecule has 0 unspecified atom stereocenters. The van der Waals surface area contributed by atoms with Crippen molar-refractivity contribution < 1.29 is 27.6 Å². The van der Waals surface area contributed by atoms with Gasteiger partial charge < -0.3 is 15.0 Å². The monoisotopic (exact) mass is 389 g/mol. The lowest BCUT2D eigenvalue weighted by atomic mass is 10.0. The fourth-order valence-electron chi connectivity index (χ4n) is 2.74. The van der Waals surface area contributed by atoms with Crippen LogP contribution >= 0.6 is 0 Å². The number of nitro benzene ring substituents is 1. The Morgan fingerprint density at radius 3 is 2.33 bits per heavy atom. The third kappa shape index (κ3) is 5.73. The molecular formula is C17H22F3N3O4. The van der Waals surface area contributed by atoms with Crippen molar-refractivity contribution in [3.05, 3.63) is 33.9 Å². The second-order valence-corrected chi connectivity index (χ2v) is 7.37. The zero-order valence-electron chi connectivity index (χ0n) is 15.3. The van der Waals surface area contributed by atoms with E-state index in [0.717, 1.165) is 12.1 Å². The van der Waals surface area contributed by atoms with Crippen molar-refractivity contribution in [1.29, 1.82) is 0 Å². The van der Waals surface area contributed by atoms with E-state index in [1.54, 1.807) is 20.8 Å². The molecule has 7 nitrogen and oxygen atoms in total. The van der Waals surface area contributed by atoms with Crippen LogP contribution in [0.15, 0.2) is 18.2 Å². The van der Waals surface area contributed by atoms with Gasteiger partial charge in [-0.1, -0.05) is 0 Å². The Morgan fingerprint density at radius 2 is 1.85 bits per heavy atom. The molecule has 1 aromatic carbocycles. The van der Waals surface area contributed by atoms with Crippen LogP contribution in [0, 0.1) is 10.1 Å². The van der Waals surface area contributed by atoms with Crippen LogP contribution in [0.3, 0.4) is 0 Å². The first-order chi connectivity index (χ1) is 12.4. The summed E-state index contributed by atoms with van der Waals surface area (Å²) in [5.74, 6) is 0. The highest BCUT2D eigenvalue weighted by Gasteiger charge is 2.33. The first kappa shape index (κ1) is 20.8. The van der Waals surface area contributed by atoms with Gasteiger partial charge in [0.05, 0.1) is 10.5 Å². The third-order valence-electron chi connectivity index (χ3n) is 4.03. The Hall–Kier alpha value is -2.52. The van der Waals surface area contributed by atoms with Crippen molar-refractivity contribution in [2.45, 2.75) is 51.4 Å². The van der Waals surface area contributed by atoms with Crippen LogP contribution in [0.4, 0.5) is 29.3 Å². The maximum Gasteiger partial charge on any atom is 0.416 e. The van der Waals surface area contributed by atoms with Gasteiger partial charge in [0.2, 0.25) is 0 Å². The summed E-state index contributed by atoms with van der Waals surface area (Å²) in [6.45, 7) is 5.96. The number of alkyl halides is 3. The van der Waals surface area contributed by atoms with Gasteiger partial charge in [-0.2, -0.15) is 13.2 Å². The molecule has 1 amide bonds. The van der Waals surface area contributed by atoms with Crippen LogP contribution in [0.25, 0.3) is 0 Å². The number of nitrogens with one attached hydrogen (secondary N) is 1. The molecule has 0 spiro atoms. The van der Waals surface area contributed by atoms with Crippen molar-refractivity contribution >= 4 is 17.5 Å². The minimum atomic E-state index is -4.59. The maximum absolute atomic E-state index is 12.9. The van der Waals surface area contributed by atoms with E-state index >= 15 is 0 Å². The minimum absolute atomic E-state index is 0.175. The van der Waals surface area contributed by atoms with E-state index in [1.807, 2.05) is 0 Å². The third-order valence-corrected chi connectivity index (χ3v) is 4.03. The van der Waals surface area contributed by atoms with Gasteiger partial charge in [0.1, 0.15) is 11.3 Å². The Balaban J connectivity index is 2.06. The van der Waals surface area contributed by atoms with Gasteiger partial charge in [-0.15, -0.1) is 0 Å². The van der Waals surface area contributed by atoms with E-state index in [-0.39, 0.29) is 11.7 Å². The van der Waals surface area contributed by atoms with Crippen molar-refractivity contribution in [1.82, 2.24) is 4.90 Å². The van der Waals surface area contributed by atoms with E-state index in [2.05, 4.69) is 5.32 Å². The number of anilines is 1. The van der Waals surface area contributed by atoms with Crippen molar-refractivity contribution in [3.63, 3.8) is 0 Å². The molecule has 1 heterocycles. The molecule has 1 N–H and O–H groups in total. The van der Waals surface area contributed by atoms with Crippen LogP contribution in [0.2, 0.25) is 0 Å². The number of benzene rings is 1. The molecule has 0 aromatic heterocycles. The second-order valence-electron chi connectivity index (χ2n) is 7.37. The summed E-state index contributed by atoms with van der Waals surface area (Å²) in [6.07, 6.45) is -4.17. The van der Waals surface area contributed by atoms with E-state index in [9.17, 15) is 28.1 Å². The lowest BCUT2D eigenvalue weighted by Gasteiger charge is -2.34. The van der Waals surface area contributed by atoms with Crippen LogP contribution < -0.4 is 5.32 Å². The number of carbonyl (C=O) groups excluding carboxylic acids is 1. The molecule has 1 fully saturated rings. The second kappa shape index (κ2) is 7.61. The Labute approximate surface area is 154 Å². The predicted octanol–water partition coefficient (Wildman–Crippen LogP) is 4.43. The number of rotatable bonds is 3. The van der Waals surface area contributed by atoms with Gasteiger partial charge in [0.25, 0.3) is 5.69 Å². The molecule has 1 aromatic rings. The molecule has 0 radical (unpaired) electrons. The quantitative estimate of drug-likeness (QED) is 0.611. The number of halogens is 3. The molecule has 1 saturated heterocycles. The fraction of sp³-hybridized carbons (Fsp3) is 0.588. The van der Waals surface area contributed by atoms with Gasteiger partial charge in [-0.3, -0.25) is 10.1 Å². The fourth-order valence-corrected chi connectivity index (χ4v) is 2.74. The lowest BCUT2D eigenvalue weighted by Crippen LogP contribution is -2.44. The summed E-state index contributed by atoms with van der Waals surface area (Å²) in [6, 6.07) is 2.00. The highest BCUT2D eigenvalue weighted by atomic mass is 19.4. The minimum Gasteiger partial charge on any atom is -0.444 e. The van der Waals surface area contributed by atoms with Gasteiger partial charge in [0.15, 0.2) is 0 Å². The summed E-state index contributed by atoms with van der Waals surface area (Å²) in [5, 5.41) is 13.9.